The molecular formula is C18H12F6N8O2. The number of halogens is 6. The van der Waals surface area contributed by atoms with E-state index in [4.69, 9.17) is 16.7 Å². The highest BCUT2D eigenvalue weighted by atomic mass is 19.4. The molecule has 0 bridgehead atoms. The number of anilines is 3. The van der Waals surface area contributed by atoms with E-state index in [1.807, 2.05) is 0 Å². The van der Waals surface area contributed by atoms with E-state index < -0.39 is 30.6 Å². The average molecular weight is 486 g/mol. The van der Waals surface area contributed by atoms with Crippen molar-refractivity contribution in [3.63, 3.8) is 0 Å². The predicted molar refractivity (Wildman–Crippen MR) is 103 cm³/mol. The highest BCUT2D eigenvalue weighted by Gasteiger charge is 2.50. The Bertz CT molecular complexity index is 1200. The maximum atomic E-state index is 13.6. The van der Waals surface area contributed by atoms with E-state index in [-0.39, 0.29) is 40.0 Å². The third-order valence-corrected chi connectivity index (χ3v) is 4.31. The van der Waals surface area contributed by atoms with Gasteiger partial charge in [-0.1, -0.05) is 12.1 Å². The van der Waals surface area contributed by atoms with Crippen molar-refractivity contribution >= 4 is 23.3 Å². The SMILES string of the molecule is N#CNC1=NC(c2ccc(OC(F)(F)C(F)OC(F)(F)F)cc2)c2c(nc(N)c(C#N)c2N)N1. The summed E-state index contributed by atoms with van der Waals surface area (Å²) in [6, 6.07) is 4.94. The second kappa shape index (κ2) is 8.83. The van der Waals surface area contributed by atoms with Crippen LogP contribution in [0.3, 0.4) is 0 Å². The van der Waals surface area contributed by atoms with Gasteiger partial charge in [0, 0.05) is 5.56 Å². The number of pyridine rings is 1. The Hall–Kier alpha value is -4.44. The van der Waals surface area contributed by atoms with Gasteiger partial charge in [0.15, 0.2) is 6.19 Å². The van der Waals surface area contributed by atoms with Crippen LogP contribution in [0.1, 0.15) is 22.7 Å². The molecule has 0 amide bonds. The van der Waals surface area contributed by atoms with E-state index in [1.165, 1.54) is 12.1 Å². The number of hydrogen-bond acceptors (Lipinski definition) is 10. The highest BCUT2D eigenvalue weighted by molar-refractivity contribution is 5.98. The van der Waals surface area contributed by atoms with Crippen molar-refractivity contribution in [2.75, 3.05) is 16.8 Å². The third kappa shape index (κ3) is 4.97. The standard InChI is InChI=1S/C18H12F6N8O2/c19-15(34-18(22,23)24)17(20,21)33-8-3-1-7(2-4-8)12-10-11(27)9(5-25)13(28)31-14(10)32-16(30-12)29-6-26/h1-4,12,15H,(H6,27,28,29,30,31,32). The number of hydrogen-bond donors (Lipinski definition) is 4. The van der Waals surface area contributed by atoms with Gasteiger partial charge in [-0.15, -0.1) is 13.2 Å². The molecule has 0 saturated heterocycles. The Morgan fingerprint density at radius 1 is 1.12 bits per heavy atom. The molecule has 1 aromatic carbocycles. The molecule has 2 aromatic rings. The summed E-state index contributed by atoms with van der Waals surface area (Å²) in [5.74, 6) is -0.913. The number of nitriles is 2. The first kappa shape index (κ1) is 24.2. The van der Waals surface area contributed by atoms with Gasteiger partial charge in [0.05, 0.1) is 5.69 Å². The fourth-order valence-corrected chi connectivity index (χ4v) is 2.93. The smallest absolute Gasteiger partial charge is 0.429 e. The minimum absolute atomic E-state index is 0.0585. The Kier molecular flexibility index (Phi) is 6.29. The van der Waals surface area contributed by atoms with Crippen molar-refractivity contribution in [3.05, 3.63) is 41.0 Å². The average Bonchev–Trinajstić information content (AvgIpc) is 2.72. The van der Waals surface area contributed by atoms with Crippen LogP contribution in [0.2, 0.25) is 0 Å². The van der Waals surface area contributed by atoms with Gasteiger partial charge in [-0.05, 0) is 17.7 Å². The zero-order valence-corrected chi connectivity index (χ0v) is 16.5. The van der Waals surface area contributed by atoms with Crippen molar-refractivity contribution in [2.45, 2.75) is 24.9 Å². The van der Waals surface area contributed by atoms with Gasteiger partial charge in [0.1, 0.15) is 35.1 Å². The molecule has 34 heavy (non-hydrogen) atoms. The molecule has 1 aliphatic heterocycles. The van der Waals surface area contributed by atoms with Crippen LogP contribution in [0.5, 0.6) is 5.75 Å². The number of benzene rings is 1. The fourth-order valence-electron chi connectivity index (χ4n) is 2.93. The molecule has 6 N–H and O–H groups in total. The van der Waals surface area contributed by atoms with E-state index in [9.17, 15) is 31.6 Å². The summed E-state index contributed by atoms with van der Waals surface area (Å²) >= 11 is 0. The van der Waals surface area contributed by atoms with Crippen molar-refractivity contribution in [1.29, 1.82) is 10.5 Å². The number of guanidine groups is 1. The van der Waals surface area contributed by atoms with Crippen molar-refractivity contribution in [1.82, 2.24) is 10.3 Å². The summed E-state index contributed by atoms with van der Waals surface area (Å²) < 4.78 is 83.2. The van der Waals surface area contributed by atoms with E-state index in [1.54, 1.807) is 12.3 Å². The number of rotatable bonds is 5. The van der Waals surface area contributed by atoms with Gasteiger partial charge < -0.3 is 21.5 Å². The molecule has 3 rings (SSSR count). The van der Waals surface area contributed by atoms with Gasteiger partial charge >= 0.3 is 18.8 Å². The van der Waals surface area contributed by atoms with Crippen LogP contribution in [0, 0.1) is 22.8 Å². The van der Waals surface area contributed by atoms with Gasteiger partial charge in [-0.25, -0.2) is 19.1 Å². The van der Waals surface area contributed by atoms with E-state index >= 15 is 0 Å². The summed E-state index contributed by atoms with van der Waals surface area (Å²) in [6.45, 7) is 0. The second-order valence-electron chi connectivity index (χ2n) is 6.51. The minimum atomic E-state index is -5.65. The minimum Gasteiger partial charge on any atom is -0.429 e. The molecule has 0 aliphatic carbocycles. The maximum Gasteiger partial charge on any atom is 0.525 e. The summed E-state index contributed by atoms with van der Waals surface area (Å²) in [4.78, 5) is 8.26. The zero-order chi connectivity index (χ0) is 25.3. The van der Waals surface area contributed by atoms with Crippen LogP contribution in [-0.4, -0.2) is 29.8 Å². The first-order chi connectivity index (χ1) is 15.9. The topological polar surface area (TPSA) is 167 Å². The lowest BCUT2D eigenvalue weighted by Crippen LogP contribution is -2.41. The van der Waals surface area contributed by atoms with E-state index in [2.05, 4.69) is 30.1 Å². The van der Waals surface area contributed by atoms with Gasteiger partial charge in [-0.2, -0.15) is 19.3 Å². The number of fused-ring (bicyclic) bond motifs is 1. The Balaban J connectivity index is 1.95. The number of aliphatic imine (C=N–C) groups is 1. The van der Waals surface area contributed by atoms with Crippen LogP contribution in [-0.2, 0) is 4.74 Å². The molecule has 0 radical (unpaired) electrons. The van der Waals surface area contributed by atoms with Gasteiger partial charge in [0.2, 0.25) is 5.96 Å². The lowest BCUT2D eigenvalue weighted by Gasteiger charge is -2.26. The highest BCUT2D eigenvalue weighted by Crippen LogP contribution is 2.41. The summed E-state index contributed by atoms with van der Waals surface area (Å²) in [6.07, 6.45) is -13.1. The number of nitrogens with two attached hydrogens (primary N) is 2. The molecule has 0 saturated carbocycles. The van der Waals surface area contributed by atoms with Crippen LogP contribution in [0.25, 0.3) is 0 Å². The van der Waals surface area contributed by atoms with Crippen LogP contribution >= 0.6 is 0 Å². The molecule has 0 spiro atoms. The van der Waals surface area contributed by atoms with Crippen LogP contribution < -0.4 is 26.8 Å². The van der Waals surface area contributed by atoms with E-state index in [0.29, 0.717) is 0 Å². The number of aromatic nitrogens is 1. The Labute approximate surface area is 186 Å². The Morgan fingerprint density at radius 2 is 1.76 bits per heavy atom. The van der Waals surface area contributed by atoms with Gasteiger partial charge in [-0.3, -0.25) is 5.32 Å². The number of ether oxygens (including phenoxy) is 2. The molecule has 16 heteroatoms. The van der Waals surface area contributed by atoms with Crippen molar-refractivity contribution in [2.24, 2.45) is 4.99 Å². The summed E-state index contributed by atoms with van der Waals surface area (Å²) in [5, 5.41) is 23.1. The van der Waals surface area contributed by atoms with Gasteiger partial charge in [0.25, 0.3) is 0 Å². The van der Waals surface area contributed by atoms with E-state index in [0.717, 1.165) is 12.1 Å². The molecule has 2 atom stereocenters. The lowest BCUT2D eigenvalue weighted by molar-refractivity contribution is -0.411. The molecule has 1 aliphatic rings. The summed E-state index contributed by atoms with van der Waals surface area (Å²) in [7, 11) is 0. The number of nitrogens with one attached hydrogen (secondary N) is 2. The number of alkyl halides is 6. The largest absolute Gasteiger partial charge is 0.525 e. The van der Waals surface area contributed by atoms with Crippen molar-refractivity contribution < 1.29 is 35.8 Å². The molecule has 2 unspecified atom stereocenters. The zero-order valence-electron chi connectivity index (χ0n) is 16.5. The number of nitrogens with zero attached hydrogens (tertiary/aromatic N) is 4. The first-order valence-electron chi connectivity index (χ1n) is 8.90. The lowest BCUT2D eigenvalue weighted by atomic mass is 9.95. The molecular weight excluding hydrogens is 474 g/mol. The summed E-state index contributed by atoms with van der Waals surface area (Å²) in [5.41, 5.74) is 12.0. The number of nitrogen functional groups attached to an aromatic ring is 2. The quantitative estimate of drug-likeness (QED) is 0.282. The van der Waals surface area contributed by atoms with Crippen LogP contribution in [0.4, 0.5) is 43.7 Å². The first-order valence-corrected chi connectivity index (χ1v) is 8.90. The molecule has 1 aromatic heterocycles. The molecule has 0 fully saturated rings. The fraction of sp³-hybridized carbons (Fsp3) is 0.222. The second-order valence-corrected chi connectivity index (χ2v) is 6.51. The molecule has 2 heterocycles. The Morgan fingerprint density at radius 3 is 2.32 bits per heavy atom. The monoisotopic (exact) mass is 486 g/mol. The van der Waals surface area contributed by atoms with Crippen LogP contribution in [0.15, 0.2) is 29.3 Å². The van der Waals surface area contributed by atoms with Crippen molar-refractivity contribution in [3.8, 4) is 18.0 Å². The molecule has 178 valence electrons. The predicted octanol–water partition coefficient (Wildman–Crippen LogP) is 2.86. The maximum absolute atomic E-state index is 13.6. The normalized spacial score (nSPS) is 16.2. The molecule has 10 nitrogen and oxygen atoms in total. The third-order valence-electron chi connectivity index (χ3n) is 4.31.